The number of aromatic nitrogens is 2. The van der Waals surface area contributed by atoms with Gasteiger partial charge in [-0.3, -0.25) is 4.68 Å². The van der Waals surface area contributed by atoms with E-state index in [-0.39, 0.29) is 0 Å². The number of hydrogen-bond donors (Lipinski definition) is 1. The van der Waals surface area contributed by atoms with E-state index in [1.165, 1.54) is 0 Å². The fourth-order valence-electron chi connectivity index (χ4n) is 1.32. The first-order valence-corrected chi connectivity index (χ1v) is 4.85. The van der Waals surface area contributed by atoms with E-state index < -0.39 is 0 Å². The highest BCUT2D eigenvalue weighted by Gasteiger charge is 2.07. The molecule has 4 heteroatoms. The van der Waals surface area contributed by atoms with E-state index in [9.17, 15) is 0 Å². The van der Waals surface area contributed by atoms with Crippen molar-refractivity contribution in [1.82, 2.24) is 15.1 Å². The summed E-state index contributed by atoms with van der Waals surface area (Å²) in [4.78, 5) is 0. The van der Waals surface area contributed by atoms with Gasteiger partial charge in [0.1, 0.15) is 0 Å². The van der Waals surface area contributed by atoms with E-state index in [1.807, 2.05) is 18.7 Å². The van der Waals surface area contributed by atoms with Gasteiger partial charge in [-0.25, -0.2) is 0 Å². The Bertz CT molecular complexity index is 270. The molecule has 0 aliphatic carbocycles. The predicted molar refractivity (Wildman–Crippen MR) is 55.1 cm³/mol. The van der Waals surface area contributed by atoms with Crippen LogP contribution in [-0.2, 0) is 6.54 Å². The Hall–Kier alpha value is -0.540. The second kappa shape index (κ2) is 4.63. The molecule has 0 amide bonds. The van der Waals surface area contributed by atoms with Gasteiger partial charge in [-0.2, -0.15) is 5.10 Å². The monoisotopic (exact) mass is 201 g/mol. The molecule has 1 aromatic heterocycles. The molecule has 13 heavy (non-hydrogen) atoms. The topological polar surface area (TPSA) is 29.9 Å². The number of nitrogens with zero attached hydrogens (tertiary/aromatic N) is 2. The Morgan fingerprint density at radius 3 is 2.85 bits per heavy atom. The number of rotatable bonds is 4. The van der Waals surface area contributed by atoms with Gasteiger partial charge < -0.3 is 5.32 Å². The molecule has 1 aromatic rings. The molecule has 0 fully saturated rings. The number of nitrogens with one attached hydrogen (secondary N) is 1. The molecule has 1 unspecified atom stereocenters. The first-order valence-electron chi connectivity index (χ1n) is 4.47. The average molecular weight is 202 g/mol. The zero-order chi connectivity index (χ0) is 9.84. The maximum atomic E-state index is 5.89. The van der Waals surface area contributed by atoms with Crippen LogP contribution in [0.5, 0.6) is 0 Å². The molecule has 3 nitrogen and oxygen atoms in total. The zero-order valence-corrected chi connectivity index (χ0v) is 9.10. The van der Waals surface area contributed by atoms with Gasteiger partial charge in [-0.05, 0) is 26.4 Å². The molecule has 1 atom stereocenters. The molecule has 0 spiro atoms. The fourth-order valence-corrected chi connectivity index (χ4v) is 1.46. The van der Waals surface area contributed by atoms with E-state index in [4.69, 9.17) is 11.6 Å². The van der Waals surface area contributed by atoms with Crippen LogP contribution in [0.2, 0.25) is 5.02 Å². The van der Waals surface area contributed by atoms with Crippen molar-refractivity contribution in [1.29, 1.82) is 0 Å². The fraction of sp³-hybridized carbons (Fsp3) is 0.667. The van der Waals surface area contributed by atoms with Crippen LogP contribution in [0.25, 0.3) is 0 Å². The van der Waals surface area contributed by atoms with E-state index in [1.54, 1.807) is 6.20 Å². The lowest BCUT2D eigenvalue weighted by Crippen LogP contribution is -2.21. The van der Waals surface area contributed by atoms with Crippen LogP contribution in [0.1, 0.15) is 12.6 Å². The summed E-state index contributed by atoms with van der Waals surface area (Å²) >= 11 is 5.89. The quantitative estimate of drug-likeness (QED) is 0.804. The third kappa shape index (κ3) is 2.71. The van der Waals surface area contributed by atoms with Crippen molar-refractivity contribution in [2.75, 3.05) is 13.6 Å². The average Bonchev–Trinajstić information content (AvgIpc) is 2.37. The largest absolute Gasteiger partial charge is 0.319 e. The third-order valence-electron chi connectivity index (χ3n) is 2.08. The van der Waals surface area contributed by atoms with Crippen molar-refractivity contribution < 1.29 is 0 Å². The highest BCUT2D eigenvalue weighted by atomic mass is 35.5. The van der Waals surface area contributed by atoms with Crippen LogP contribution in [0.15, 0.2) is 6.20 Å². The van der Waals surface area contributed by atoms with Gasteiger partial charge in [-0.15, -0.1) is 0 Å². The van der Waals surface area contributed by atoms with Crippen LogP contribution in [0, 0.1) is 12.8 Å². The Kier molecular flexibility index (Phi) is 3.75. The van der Waals surface area contributed by atoms with E-state index in [0.717, 1.165) is 23.8 Å². The summed E-state index contributed by atoms with van der Waals surface area (Å²) in [6.07, 6.45) is 1.70. The van der Waals surface area contributed by atoms with Gasteiger partial charge in [-0.1, -0.05) is 18.5 Å². The number of halogens is 1. The van der Waals surface area contributed by atoms with Crippen LogP contribution in [0.4, 0.5) is 0 Å². The maximum Gasteiger partial charge on any atom is 0.0814 e. The Morgan fingerprint density at radius 1 is 1.69 bits per heavy atom. The van der Waals surface area contributed by atoms with Crippen molar-refractivity contribution in [3.05, 3.63) is 16.9 Å². The summed E-state index contributed by atoms with van der Waals surface area (Å²) in [6, 6.07) is 0. The highest BCUT2D eigenvalue weighted by Crippen LogP contribution is 2.14. The molecule has 0 aliphatic rings. The summed E-state index contributed by atoms with van der Waals surface area (Å²) in [7, 11) is 1.96. The van der Waals surface area contributed by atoms with Gasteiger partial charge in [0.25, 0.3) is 0 Å². The molecule has 0 aliphatic heterocycles. The molecular formula is C9H16ClN3. The molecule has 0 saturated carbocycles. The van der Waals surface area contributed by atoms with Crippen molar-refractivity contribution in [2.45, 2.75) is 20.4 Å². The van der Waals surface area contributed by atoms with Crippen LogP contribution >= 0.6 is 11.6 Å². The Morgan fingerprint density at radius 2 is 2.38 bits per heavy atom. The Labute approximate surface area is 84.1 Å². The van der Waals surface area contributed by atoms with Crippen molar-refractivity contribution in [3.8, 4) is 0 Å². The summed E-state index contributed by atoms with van der Waals surface area (Å²) in [5.74, 6) is 0.569. The highest BCUT2D eigenvalue weighted by molar-refractivity contribution is 6.31. The van der Waals surface area contributed by atoms with Gasteiger partial charge in [0.15, 0.2) is 0 Å². The van der Waals surface area contributed by atoms with Gasteiger partial charge in [0.2, 0.25) is 0 Å². The van der Waals surface area contributed by atoms with Gasteiger partial charge in [0, 0.05) is 6.54 Å². The standard InChI is InChI=1S/C9H16ClN3/c1-7(4-11-3)6-13-8(2)9(10)5-12-13/h5,7,11H,4,6H2,1-3H3. The molecule has 1 rings (SSSR count). The second-order valence-corrected chi connectivity index (χ2v) is 3.83. The van der Waals surface area contributed by atoms with Crippen LogP contribution in [0.3, 0.4) is 0 Å². The zero-order valence-electron chi connectivity index (χ0n) is 8.34. The summed E-state index contributed by atoms with van der Waals surface area (Å²) in [6.45, 7) is 6.09. The number of hydrogen-bond acceptors (Lipinski definition) is 2. The summed E-state index contributed by atoms with van der Waals surface area (Å²) < 4.78 is 1.95. The lowest BCUT2D eigenvalue weighted by Gasteiger charge is -2.11. The van der Waals surface area contributed by atoms with Crippen molar-refractivity contribution >= 4 is 11.6 Å². The third-order valence-corrected chi connectivity index (χ3v) is 2.45. The first-order chi connectivity index (χ1) is 6.15. The summed E-state index contributed by atoms with van der Waals surface area (Å²) in [5.41, 5.74) is 1.05. The van der Waals surface area contributed by atoms with E-state index >= 15 is 0 Å². The molecule has 0 bridgehead atoms. The SMILES string of the molecule is CNCC(C)Cn1ncc(Cl)c1C. The summed E-state index contributed by atoms with van der Waals surface area (Å²) in [5, 5.41) is 8.08. The maximum absolute atomic E-state index is 5.89. The van der Waals surface area contributed by atoms with E-state index in [2.05, 4.69) is 17.3 Å². The molecule has 0 radical (unpaired) electrons. The molecule has 1 heterocycles. The smallest absolute Gasteiger partial charge is 0.0814 e. The molecule has 0 saturated heterocycles. The molecular weight excluding hydrogens is 186 g/mol. The van der Waals surface area contributed by atoms with Crippen LogP contribution < -0.4 is 5.32 Å². The lowest BCUT2D eigenvalue weighted by molar-refractivity contribution is 0.429. The van der Waals surface area contributed by atoms with Crippen molar-refractivity contribution in [2.24, 2.45) is 5.92 Å². The molecule has 0 aromatic carbocycles. The lowest BCUT2D eigenvalue weighted by atomic mass is 10.2. The normalized spacial score (nSPS) is 13.2. The van der Waals surface area contributed by atoms with Crippen molar-refractivity contribution in [3.63, 3.8) is 0 Å². The molecule has 1 N–H and O–H groups in total. The minimum atomic E-state index is 0.569. The van der Waals surface area contributed by atoms with E-state index in [0.29, 0.717) is 5.92 Å². The second-order valence-electron chi connectivity index (χ2n) is 3.42. The van der Waals surface area contributed by atoms with Crippen LogP contribution in [-0.4, -0.2) is 23.4 Å². The Balaban J connectivity index is 2.58. The minimum Gasteiger partial charge on any atom is -0.319 e. The van der Waals surface area contributed by atoms with Gasteiger partial charge in [0.05, 0.1) is 16.9 Å². The predicted octanol–water partition coefficient (Wildman–Crippen LogP) is 1.70. The minimum absolute atomic E-state index is 0.569. The first kappa shape index (κ1) is 10.5. The van der Waals surface area contributed by atoms with Gasteiger partial charge >= 0.3 is 0 Å². The molecule has 74 valence electrons.